The fourth-order valence-electron chi connectivity index (χ4n) is 2.81. The van der Waals surface area contributed by atoms with Crippen LogP contribution in [-0.4, -0.2) is 65.9 Å². The highest BCUT2D eigenvalue weighted by Gasteiger charge is 2.39. The van der Waals surface area contributed by atoms with Crippen LogP contribution in [0.25, 0.3) is 0 Å². The van der Waals surface area contributed by atoms with Gasteiger partial charge in [0.1, 0.15) is 6.10 Å². The maximum Gasteiger partial charge on any atom is 0.251 e. The second-order valence-electron chi connectivity index (χ2n) is 5.82. The molecule has 0 aromatic rings. The Morgan fingerprint density at radius 2 is 2.00 bits per heavy atom. The summed E-state index contributed by atoms with van der Waals surface area (Å²) < 4.78 is 12.1. The molecule has 120 valence electrons. The van der Waals surface area contributed by atoms with Crippen molar-refractivity contribution in [3.8, 4) is 0 Å². The topological polar surface area (TPSA) is 59.0 Å². The van der Waals surface area contributed by atoms with Crippen molar-refractivity contribution in [3.05, 3.63) is 12.2 Å². The minimum Gasteiger partial charge on any atom is -0.396 e. The van der Waals surface area contributed by atoms with Gasteiger partial charge in [-0.15, -0.1) is 0 Å². The number of fused-ring (bicyclic) bond motifs is 1. The summed E-state index contributed by atoms with van der Waals surface area (Å²) in [7, 11) is 3.49. The van der Waals surface area contributed by atoms with E-state index in [0.29, 0.717) is 12.8 Å². The number of carbonyl (C=O) groups excluding carboxylic acids is 1. The number of aliphatic hydroxyl groups excluding tert-OH is 1. The number of aliphatic hydroxyl groups is 1. The number of hydrogen-bond acceptors (Lipinski definition) is 4. The maximum atomic E-state index is 12.2. The number of ether oxygens (including phenoxy) is 2. The number of amides is 1. The molecule has 1 N–H and O–H groups in total. The van der Waals surface area contributed by atoms with Crippen molar-refractivity contribution in [2.45, 2.75) is 54.9 Å². The van der Waals surface area contributed by atoms with Crippen LogP contribution >= 0.6 is 15.9 Å². The number of likely N-dealkylation sites (N-methyl/N-ethyl adjacent to an activating group) is 1. The first-order valence-corrected chi connectivity index (χ1v) is 8.36. The molecule has 21 heavy (non-hydrogen) atoms. The van der Waals surface area contributed by atoms with Crippen molar-refractivity contribution in [2.24, 2.45) is 0 Å². The lowest BCUT2D eigenvalue weighted by atomic mass is 9.95. The van der Waals surface area contributed by atoms with E-state index in [1.807, 2.05) is 6.08 Å². The highest BCUT2D eigenvalue weighted by atomic mass is 79.9. The zero-order chi connectivity index (χ0) is 15.4. The average Bonchev–Trinajstić information content (AvgIpc) is 2.42. The van der Waals surface area contributed by atoms with Crippen LogP contribution in [0.4, 0.5) is 0 Å². The van der Waals surface area contributed by atoms with E-state index in [1.54, 1.807) is 19.0 Å². The van der Waals surface area contributed by atoms with Crippen LogP contribution in [0.3, 0.4) is 0 Å². The molecule has 6 heteroatoms. The van der Waals surface area contributed by atoms with Gasteiger partial charge in [-0.05, 0) is 19.3 Å². The Kier molecular flexibility index (Phi) is 6.22. The predicted octanol–water partition coefficient (Wildman–Crippen LogP) is 1.48. The summed E-state index contributed by atoms with van der Waals surface area (Å²) in [5.41, 5.74) is 0. The van der Waals surface area contributed by atoms with Gasteiger partial charge in [0.15, 0.2) is 0 Å². The lowest BCUT2D eigenvalue weighted by Gasteiger charge is -2.41. The molecule has 5 atom stereocenters. The molecule has 0 aromatic carbocycles. The van der Waals surface area contributed by atoms with E-state index in [1.165, 1.54) is 0 Å². The molecule has 2 aliphatic heterocycles. The number of halogens is 1. The molecule has 0 spiro atoms. The van der Waals surface area contributed by atoms with Gasteiger partial charge in [0.25, 0.3) is 5.91 Å². The molecule has 0 aromatic heterocycles. The van der Waals surface area contributed by atoms with Crippen LogP contribution in [0.1, 0.15) is 25.7 Å². The number of rotatable bonds is 3. The van der Waals surface area contributed by atoms with Crippen LogP contribution in [0.15, 0.2) is 12.2 Å². The van der Waals surface area contributed by atoms with Crippen LogP contribution in [0.5, 0.6) is 0 Å². The summed E-state index contributed by atoms with van der Waals surface area (Å²) in [5, 5.41) is 9.11. The first-order chi connectivity index (χ1) is 10.0. The lowest BCUT2D eigenvalue weighted by molar-refractivity contribution is -0.171. The Morgan fingerprint density at radius 3 is 2.67 bits per heavy atom. The Hall–Kier alpha value is -0.430. The van der Waals surface area contributed by atoms with Gasteiger partial charge in [-0.25, -0.2) is 0 Å². The summed E-state index contributed by atoms with van der Waals surface area (Å²) in [6, 6.07) is 0. The van der Waals surface area contributed by atoms with Crippen LogP contribution in [-0.2, 0) is 14.3 Å². The van der Waals surface area contributed by atoms with Gasteiger partial charge < -0.3 is 19.5 Å². The van der Waals surface area contributed by atoms with Gasteiger partial charge in [-0.2, -0.15) is 0 Å². The van der Waals surface area contributed by atoms with E-state index in [0.717, 1.165) is 12.8 Å². The van der Waals surface area contributed by atoms with Gasteiger partial charge in [0, 0.05) is 32.0 Å². The van der Waals surface area contributed by atoms with Gasteiger partial charge in [0.05, 0.1) is 18.3 Å². The Labute approximate surface area is 134 Å². The third-order valence-corrected chi connectivity index (χ3v) is 4.94. The molecule has 5 nitrogen and oxygen atoms in total. The average molecular weight is 362 g/mol. The minimum atomic E-state index is -0.443. The normalized spacial score (nSPS) is 38.0. The van der Waals surface area contributed by atoms with Crippen molar-refractivity contribution in [2.75, 3.05) is 20.7 Å². The van der Waals surface area contributed by atoms with E-state index in [-0.39, 0.29) is 35.7 Å². The standard InChI is InChI=1S/C15H24BrNO4/c1-17(2)15(19)13-6-4-3-5-12-14(21-13)9-10(16)11(20-12)7-8-18/h3-4,10-14,18H,5-9H2,1-2H3/b4-3-/t10-,11+,12-,13+,14-/m0/s1. The fraction of sp³-hybridized carbons (Fsp3) is 0.800. The molecule has 1 fully saturated rings. The molecule has 0 saturated carbocycles. The highest BCUT2D eigenvalue weighted by molar-refractivity contribution is 9.09. The number of alkyl halides is 1. The largest absolute Gasteiger partial charge is 0.396 e. The Balaban J connectivity index is 2.07. The van der Waals surface area contributed by atoms with Crippen LogP contribution in [0.2, 0.25) is 0 Å². The number of hydrogen-bond donors (Lipinski definition) is 1. The lowest BCUT2D eigenvalue weighted by Crippen LogP contribution is -2.49. The summed E-state index contributed by atoms with van der Waals surface area (Å²) in [4.78, 5) is 13.9. The zero-order valence-corrected chi connectivity index (χ0v) is 14.2. The Bertz CT molecular complexity index is 388. The monoisotopic (exact) mass is 361 g/mol. The van der Waals surface area contributed by atoms with Crippen molar-refractivity contribution in [1.29, 1.82) is 0 Å². The second-order valence-corrected chi connectivity index (χ2v) is 6.99. The summed E-state index contributed by atoms with van der Waals surface area (Å²) >= 11 is 3.62. The second kappa shape index (κ2) is 7.72. The van der Waals surface area contributed by atoms with E-state index >= 15 is 0 Å². The zero-order valence-electron chi connectivity index (χ0n) is 12.6. The highest BCUT2D eigenvalue weighted by Crippen LogP contribution is 2.33. The van der Waals surface area contributed by atoms with E-state index in [2.05, 4.69) is 22.0 Å². The van der Waals surface area contributed by atoms with Crippen molar-refractivity contribution >= 4 is 21.8 Å². The van der Waals surface area contributed by atoms with Gasteiger partial charge in [-0.1, -0.05) is 28.1 Å². The van der Waals surface area contributed by atoms with Gasteiger partial charge >= 0.3 is 0 Å². The molecule has 1 amide bonds. The van der Waals surface area contributed by atoms with Gasteiger partial charge in [0.2, 0.25) is 0 Å². The molecule has 2 heterocycles. The molecular formula is C15H24BrNO4. The van der Waals surface area contributed by atoms with Crippen molar-refractivity contribution in [1.82, 2.24) is 4.90 Å². The molecule has 0 radical (unpaired) electrons. The maximum absolute atomic E-state index is 12.2. The van der Waals surface area contributed by atoms with Crippen LogP contribution in [0, 0.1) is 0 Å². The first-order valence-electron chi connectivity index (χ1n) is 7.45. The number of nitrogens with zero attached hydrogens (tertiary/aromatic N) is 1. The minimum absolute atomic E-state index is 0.00400. The van der Waals surface area contributed by atoms with Crippen molar-refractivity contribution in [3.63, 3.8) is 0 Å². The predicted molar refractivity (Wildman–Crippen MR) is 83.4 cm³/mol. The molecule has 0 bridgehead atoms. The van der Waals surface area contributed by atoms with Gasteiger partial charge in [-0.3, -0.25) is 4.79 Å². The number of carbonyl (C=O) groups is 1. The van der Waals surface area contributed by atoms with E-state index < -0.39 is 6.10 Å². The Morgan fingerprint density at radius 1 is 1.29 bits per heavy atom. The summed E-state index contributed by atoms with van der Waals surface area (Å²) in [6.07, 6.45) is 6.27. The third-order valence-electron chi connectivity index (χ3n) is 3.98. The van der Waals surface area contributed by atoms with E-state index in [4.69, 9.17) is 14.6 Å². The summed E-state index contributed by atoms with van der Waals surface area (Å²) in [5.74, 6) is -0.0103. The summed E-state index contributed by atoms with van der Waals surface area (Å²) in [6.45, 7) is 0.114. The first kappa shape index (κ1) is 16.9. The smallest absolute Gasteiger partial charge is 0.251 e. The quantitative estimate of drug-likeness (QED) is 0.611. The molecule has 0 aliphatic carbocycles. The molecule has 1 saturated heterocycles. The third kappa shape index (κ3) is 4.28. The fourth-order valence-corrected chi connectivity index (χ4v) is 3.57. The van der Waals surface area contributed by atoms with Crippen LogP contribution < -0.4 is 0 Å². The molecule has 2 rings (SSSR count). The molecule has 0 unspecified atom stereocenters. The van der Waals surface area contributed by atoms with E-state index in [9.17, 15) is 4.79 Å². The van der Waals surface area contributed by atoms with Crippen molar-refractivity contribution < 1.29 is 19.4 Å². The molecular weight excluding hydrogens is 338 g/mol. The SMILES string of the molecule is CN(C)C(=O)[C@H]1C/C=C\C[C@@H]2O[C@H](CCO)[C@@H](Br)C[C@@H]2O1. The molecule has 2 aliphatic rings.